The number of hydrogen-bond acceptors (Lipinski definition) is 4. The number of aliphatic hydroxyl groups is 3. The van der Waals surface area contributed by atoms with Crippen molar-refractivity contribution in [1.29, 1.82) is 0 Å². The van der Waals surface area contributed by atoms with E-state index in [9.17, 15) is 15.3 Å². The van der Waals surface area contributed by atoms with Crippen molar-refractivity contribution >= 4 is 0 Å². The number of rotatable bonds is 8. The van der Waals surface area contributed by atoms with Crippen LogP contribution < -0.4 is 0 Å². The van der Waals surface area contributed by atoms with Crippen LogP contribution >= 0.6 is 0 Å². The van der Waals surface area contributed by atoms with Crippen molar-refractivity contribution in [2.75, 3.05) is 13.3 Å². The number of hydrogen-bond donors (Lipinski definition) is 3. The van der Waals surface area contributed by atoms with E-state index in [1.54, 1.807) is 0 Å². The minimum absolute atomic E-state index is 0.0235. The smallest absolute Gasteiger partial charge is 0.0959 e. The molecule has 4 nitrogen and oxygen atoms in total. The summed E-state index contributed by atoms with van der Waals surface area (Å²) < 4.78 is 0. The molecule has 0 spiro atoms. The molecule has 3 atom stereocenters. The molecule has 1 fully saturated rings. The average molecular weight is 259 g/mol. The van der Waals surface area contributed by atoms with Gasteiger partial charge in [-0.3, -0.25) is 4.90 Å². The molecule has 18 heavy (non-hydrogen) atoms. The van der Waals surface area contributed by atoms with E-state index in [2.05, 4.69) is 6.92 Å². The summed E-state index contributed by atoms with van der Waals surface area (Å²) in [6, 6.07) is 0.222. The molecule has 0 saturated carbocycles. The first kappa shape index (κ1) is 15.9. The van der Waals surface area contributed by atoms with Gasteiger partial charge in [0.15, 0.2) is 0 Å². The van der Waals surface area contributed by atoms with Crippen LogP contribution in [0.1, 0.15) is 58.3 Å². The fourth-order valence-electron chi connectivity index (χ4n) is 2.73. The van der Waals surface area contributed by atoms with Crippen molar-refractivity contribution < 1.29 is 15.3 Å². The highest BCUT2D eigenvalue weighted by molar-refractivity contribution is 4.85. The van der Waals surface area contributed by atoms with Gasteiger partial charge in [0.2, 0.25) is 0 Å². The zero-order valence-electron chi connectivity index (χ0n) is 11.6. The monoisotopic (exact) mass is 259 g/mol. The van der Waals surface area contributed by atoms with Gasteiger partial charge >= 0.3 is 0 Å². The fraction of sp³-hybridized carbons (Fsp3) is 1.00. The normalized spacial score (nSPS) is 29.7. The molecule has 4 heteroatoms. The summed E-state index contributed by atoms with van der Waals surface area (Å²) in [4.78, 5) is 1.88. The predicted octanol–water partition coefficient (Wildman–Crippen LogP) is 1.48. The molecule has 3 N–H and O–H groups in total. The Morgan fingerprint density at radius 3 is 2.33 bits per heavy atom. The summed E-state index contributed by atoms with van der Waals surface area (Å²) in [5.41, 5.74) is 0. The predicted molar refractivity (Wildman–Crippen MR) is 72.2 cm³/mol. The van der Waals surface area contributed by atoms with E-state index < -0.39 is 12.2 Å². The van der Waals surface area contributed by atoms with Crippen LogP contribution in [0, 0.1) is 0 Å². The molecule has 1 saturated heterocycles. The molecule has 0 aromatic rings. The Labute approximate surface area is 111 Å². The van der Waals surface area contributed by atoms with Crippen molar-refractivity contribution in [1.82, 2.24) is 4.90 Å². The van der Waals surface area contributed by atoms with Crippen LogP contribution in [0.15, 0.2) is 0 Å². The second-order valence-corrected chi connectivity index (χ2v) is 5.49. The number of likely N-dealkylation sites (tertiary alicyclic amines) is 1. The van der Waals surface area contributed by atoms with Crippen molar-refractivity contribution in [2.45, 2.75) is 76.5 Å². The number of β-amino-alcohol motifs (C(OH)–C–C–N with tert-alkyl or cyclic N) is 1. The van der Waals surface area contributed by atoms with Crippen molar-refractivity contribution in [3.63, 3.8) is 0 Å². The van der Waals surface area contributed by atoms with Gasteiger partial charge in [0.1, 0.15) is 0 Å². The van der Waals surface area contributed by atoms with Gasteiger partial charge in [-0.1, -0.05) is 45.4 Å². The molecule has 1 aliphatic rings. The van der Waals surface area contributed by atoms with Gasteiger partial charge < -0.3 is 15.3 Å². The largest absolute Gasteiger partial charge is 0.390 e. The summed E-state index contributed by atoms with van der Waals surface area (Å²) in [5.74, 6) is 0. The van der Waals surface area contributed by atoms with Crippen LogP contribution in [0.4, 0.5) is 0 Å². The topological polar surface area (TPSA) is 63.9 Å². The molecule has 1 heterocycles. The molecule has 0 aromatic carbocycles. The molecule has 3 unspecified atom stereocenters. The highest BCUT2D eigenvalue weighted by Crippen LogP contribution is 2.22. The van der Waals surface area contributed by atoms with Gasteiger partial charge in [-0.25, -0.2) is 0 Å². The third-order valence-corrected chi connectivity index (χ3v) is 3.97. The Bertz CT molecular complexity index is 213. The minimum atomic E-state index is -0.710. The van der Waals surface area contributed by atoms with E-state index in [0.29, 0.717) is 13.0 Å². The third-order valence-electron chi connectivity index (χ3n) is 3.97. The van der Waals surface area contributed by atoms with Crippen LogP contribution in [0.25, 0.3) is 0 Å². The first-order valence-corrected chi connectivity index (χ1v) is 7.40. The van der Waals surface area contributed by atoms with Crippen molar-refractivity contribution in [3.05, 3.63) is 0 Å². The molecule has 108 valence electrons. The molecule has 0 radical (unpaired) electrons. The Morgan fingerprint density at radius 1 is 1.00 bits per heavy atom. The third kappa shape index (κ3) is 5.22. The Kier molecular flexibility index (Phi) is 7.82. The quantitative estimate of drug-likeness (QED) is 0.578. The van der Waals surface area contributed by atoms with E-state index >= 15 is 0 Å². The van der Waals surface area contributed by atoms with Gasteiger partial charge in [0.05, 0.1) is 18.9 Å². The summed E-state index contributed by atoms with van der Waals surface area (Å²) in [5, 5.41) is 28.5. The van der Waals surface area contributed by atoms with Crippen LogP contribution in [0.3, 0.4) is 0 Å². The molecule has 0 aromatic heterocycles. The fourth-order valence-corrected chi connectivity index (χ4v) is 2.73. The summed E-state index contributed by atoms with van der Waals surface area (Å²) in [6.07, 6.45) is 7.81. The van der Waals surface area contributed by atoms with Gasteiger partial charge in [0.25, 0.3) is 0 Å². The number of aliphatic hydroxyl groups excluding tert-OH is 3. The van der Waals surface area contributed by atoms with E-state index in [0.717, 1.165) is 12.8 Å². The highest BCUT2D eigenvalue weighted by Gasteiger charge is 2.32. The van der Waals surface area contributed by atoms with Crippen LogP contribution in [0.2, 0.25) is 0 Å². The Morgan fingerprint density at radius 2 is 1.67 bits per heavy atom. The molecule has 1 rings (SSSR count). The molecule has 1 aliphatic heterocycles. The Balaban J connectivity index is 2.18. The highest BCUT2D eigenvalue weighted by atomic mass is 16.3. The van der Waals surface area contributed by atoms with E-state index in [1.165, 1.54) is 32.1 Å². The van der Waals surface area contributed by atoms with Gasteiger partial charge in [0, 0.05) is 12.6 Å². The number of unbranched alkanes of at least 4 members (excludes halogenated alkanes) is 5. The maximum absolute atomic E-state index is 9.68. The lowest BCUT2D eigenvalue weighted by molar-refractivity contribution is -0.0849. The minimum Gasteiger partial charge on any atom is -0.390 e. The second-order valence-electron chi connectivity index (χ2n) is 5.49. The average Bonchev–Trinajstić information content (AvgIpc) is 2.37. The maximum atomic E-state index is 9.68. The standard InChI is InChI=1S/C14H29NO3/c1-2-3-4-5-6-7-8-12-9-13(17)14(18)10-15(12)11-16/h12-14,16-18H,2-11H2,1H3. The van der Waals surface area contributed by atoms with Gasteiger partial charge in [-0.15, -0.1) is 0 Å². The summed E-state index contributed by atoms with van der Waals surface area (Å²) in [7, 11) is 0. The van der Waals surface area contributed by atoms with E-state index in [4.69, 9.17) is 0 Å². The van der Waals surface area contributed by atoms with Crippen molar-refractivity contribution in [2.24, 2.45) is 0 Å². The zero-order chi connectivity index (χ0) is 13.4. The van der Waals surface area contributed by atoms with Crippen molar-refractivity contribution in [3.8, 4) is 0 Å². The van der Waals surface area contributed by atoms with E-state index in [-0.39, 0.29) is 12.8 Å². The first-order chi connectivity index (χ1) is 8.69. The van der Waals surface area contributed by atoms with Gasteiger partial charge in [-0.2, -0.15) is 0 Å². The zero-order valence-corrected chi connectivity index (χ0v) is 11.6. The SMILES string of the molecule is CCCCCCCCC1CC(O)C(O)CN1CO. The van der Waals surface area contributed by atoms with Gasteiger partial charge in [-0.05, 0) is 12.8 Å². The van der Waals surface area contributed by atoms with Crippen LogP contribution in [0.5, 0.6) is 0 Å². The lowest BCUT2D eigenvalue weighted by Gasteiger charge is -2.39. The van der Waals surface area contributed by atoms with Crippen LogP contribution in [-0.4, -0.2) is 51.7 Å². The first-order valence-electron chi connectivity index (χ1n) is 7.40. The molecular formula is C14H29NO3. The summed E-state index contributed by atoms with van der Waals surface area (Å²) >= 11 is 0. The molecule has 0 bridgehead atoms. The second kappa shape index (κ2) is 8.86. The molecule has 0 amide bonds. The number of nitrogens with zero attached hydrogens (tertiary/aromatic N) is 1. The van der Waals surface area contributed by atoms with E-state index in [1.807, 2.05) is 4.90 Å². The Hall–Kier alpha value is -0.160. The lowest BCUT2D eigenvalue weighted by Crippen LogP contribution is -2.52. The number of piperidine rings is 1. The molecule has 0 aliphatic carbocycles. The molecular weight excluding hydrogens is 230 g/mol. The summed E-state index contributed by atoms with van der Waals surface area (Å²) in [6.45, 7) is 2.58. The lowest BCUT2D eigenvalue weighted by atomic mass is 9.93. The maximum Gasteiger partial charge on any atom is 0.0959 e. The van der Waals surface area contributed by atoms with Crippen LogP contribution in [-0.2, 0) is 0 Å².